The first kappa shape index (κ1) is 14.4. The molecular weight excluding hydrogens is 264 g/mol. The van der Waals surface area contributed by atoms with Crippen molar-refractivity contribution in [3.8, 4) is 34.8 Å². The summed E-state index contributed by atoms with van der Waals surface area (Å²) < 4.78 is 5.01. The lowest BCUT2D eigenvalue weighted by atomic mass is 9.92. The van der Waals surface area contributed by atoms with E-state index in [1.165, 1.54) is 13.2 Å². The van der Waals surface area contributed by atoms with Crippen LogP contribution in [0.25, 0.3) is 11.1 Å². The molecule has 0 unspecified atom stereocenters. The van der Waals surface area contributed by atoms with Crippen molar-refractivity contribution in [2.45, 2.75) is 13.8 Å². The molecule has 4 nitrogen and oxygen atoms in total. The van der Waals surface area contributed by atoms with Crippen LogP contribution in [0, 0.1) is 36.5 Å². The van der Waals surface area contributed by atoms with Gasteiger partial charge in [0.1, 0.15) is 11.6 Å². The van der Waals surface area contributed by atoms with Gasteiger partial charge in [0, 0.05) is 11.6 Å². The smallest absolute Gasteiger partial charge is 0.176 e. The van der Waals surface area contributed by atoms with Gasteiger partial charge in [-0.3, -0.25) is 0 Å². The van der Waals surface area contributed by atoms with Crippen LogP contribution in [0.1, 0.15) is 22.3 Å². The van der Waals surface area contributed by atoms with Crippen LogP contribution in [0.5, 0.6) is 11.5 Å². The minimum atomic E-state index is -0.243. The Morgan fingerprint density at radius 3 is 2.29 bits per heavy atom. The second-order valence-electron chi connectivity index (χ2n) is 4.75. The monoisotopic (exact) mass is 278 g/mol. The van der Waals surface area contributed by atoms with Crippen LogP contribution >= 0.6 is 0 Å². The Labute approximate surface area is 123 Å². The standard InChI is InChI=1S/C17H14N2O2/c1-10-4-5-12(6-11(10)2)16-13(8-18)7-15(21-3)17(20)14(16)9-19/h4-7,20H,1-3H3. The lowest BCUT2D eigenvalue weighted by molar-refractivity contribution is 0.373. The van der Waals surface area contributed by atoms with Crippen LogP contribution in [0.2, 0.25) is 0 Å². The van der Waals surface area contributed by atoms with Gasteiger partial charge in [0.15, 0.2) is 11.5 Å². The SMILES string of the molecule is COc1cc(C#N)c(-c2ccc(C)c(C)c2)c(C#N)c1O. The number of aryl methyl sites for hydroxylation is 2. The number of phenols is 1. The second-order valence-corrected chi connectivity index (χ2v) is 4.75. The highest BCUT2D eigenvalue weighted by Gasteiger charge is 2.19. The maximum atomic E-state index is 10.1. The summed E-state index contributed by atoms with van der Waals surface area (Å²) in [6.07, 6.45) is 0. The summed E-state index contributed by atoms with van der Waals surface area (Å²) in [5, 5.41) is 28.8. The van der Waals surface area contributed by atoms with Crippen LogP contribution < -0.4 is 4.74 Å². The fourth-order valence-electron chi connectivity index (χ4n) is 2.20. The number of methoxy groups -OCH3 is 1. The summed E-state index contributed by atoms with van der Waals surface area (Å²) in [4.78, 5) is 0. The molecule has 0 saturated carbocycles. The third-order valence-electron chi connectivity index (χ3n) is 3.51. The summed E-state index contributed by atoms with van der Waals surface area (Å²) >= 11 is 0. The molecule has 0 atom stereocenters. The molecule has 0 bridgehead atoms. The van der Waals surface area contributed by atoms with E-state index >= 15 is 0 Å². The first-order valence-electron chi connectivity index (χ1n) is 6.35. The number of hydrogen-bond acceptors (Lipinski definition) is 4. The molecule has 0 aromatic heterocycles. The Morgan fingerprint density at radius 1 is 1.05 bits per heavy atom. The topological polar surface area (TPSA) is 77.0 Å². The van der Waals surface area contributed by atoms with Crippen molar-refractivity contribution < 1.29 is 9.84 Å². The molecule has 0 aliphatic heterocycles. The zero-order chi connectivity index (χ0) is 15.6. The number of nitriles is 2. The van der Waals surface area contributed by atoms with E-state index in [1.807, 2.05) is 38.1 Å². The molecule has 2 rings (SSSR count). The molecule has 21 heavy (non-hydrogen) atoms. The predicted octanol–water partition coefficient (Wildman–Crippen LogP) is 3.43. The van der Waals surface area contributed by atoms with Gasteiger partial charge in [-0.05, 0) is 30.5 Å². The largest absolute Gasteiger partial charge is 0.503 e. The Hall–Kier alpha value is -2.98. The normalized spacial score (nSPS) is 9.76. The molecule has 0 radical (unpaired) electrons. The molecular formula is C17H14N2O2. The zero-order valence-corrected chi connectivity index (χ0v) is 12.1. The Morgan fingerprint density at radius 2 is 1.76 bits per heavy atom. The van der Waals surface area contributed by atoms with Gasteiger partial charge in [-0.25, -0.2) is 0 Å². The van der Waals surface area contributed by atoms with E-state index in [0.717, 1.165) is 16.7 Å². The van der Waals surface area contributed by atoms with E-state index in [0.29, 0.717) is 11.1 Å². The van der Waals surface area contributed by atoms with Crippen molar-refractivity contribution in [3.63, 3.8) is 0 Å². The minimum absolute atomic E-state index is 0.0501. The summed E-state index contributed by atoms with van der Waals surface area (Å²) in [6, 6.07) is 11.1. The van der Waals surface area contributed by atoms with Crippen LogP contribution in [-0.2, 0) is 0 Å². The van der Waals surface area contributed by atoms with Crippen LogP contribution in [0.4, 0.5) is 0 Å². The summed E-state index contributed by atoms with van der Waals surface area (Å²) in [5.74, 6) is -0.122. The molecule has 0 fully saturated rings. The van der Waals surface area contributed by atoms with Gasteiger partial charge in [0.05, 0.1) is 18.7 Å². The zero-order valence-electron chi connectivity index (χ0n) is 12.1. The van der Waals surface area contributed by atoms with Crippen molar-refractivity contribution in [2.24, 2.45) is 0 Å². The van der Waals surface area contributed by atoms with Gasteiger partial charge < -0.3 is 9.84 Å². The van der Waals surface area contributed by atoms with Gasteiger partial charge in [-0.2, -0.15) is 10.5 Å². The Kier molecular flexibility index (Phi) is 3.82. The highest BCUT2D eigenvalue weighted by atomic mass is 16.5. The molecule has 0 heterocycles. The average Bonchev–Trinajstić information content (AvgIpc) is 2.49. The number of aromatic hydroxyl groups is 1. The van der Waals surface area contributed by atoms with Gasteiger partial charge >= 0.3 is 0 Å². The van der Waals surface area contributed by atoms with Crippen molar-refractivity contribution in [1.82, 2.24) is 0 Å². The highest BCUT2D eigenvalue weighted by molar-refractivity contribution is 5.81. The van der Waals surface area contributed by atoms with Crippen LogP contribution in [0.3, 0.4) is 0 Å². The molecule has 0 spiro atoms. The van der Waals surface area contributed by atoms with Crippen molar-refractivity contribution in [2.75, 3.05) is 7.11 Å². The minimum Gasteiger partial charge on any atom is -0.503 e. The van der Waals surface area contributed by atoms with E-state index in [-0.39, 0.29) is 17.1 Å². The van der Waals surface area contributed by atoms with Crippen molar-refractivity contribution >= 4 is 0 Å². The van der Waals surface area contributed by atoms with Gasteiger partial charge in [-0.1, -0.05) is 18.2 Å². The van der Waals surface area contributed by atoms with Crippen LogP contribution in [0.15, 0.2) is 24.3 Å². The number of phenolic OH excluding ortho intramolecular Hbond substituents is 1. The number of hydrogen-bond donors (Lipinski definition) is 1. The van der Waals surface area contributed by atoms with Crippen molar-refractivity contribution in [1.29, 1.82) is 10.5 Å². The average molecular weight is 278 g/mol. The quantitative estimate of drug-likeness (QED) is 0.913. The highest BCUT2D eigenvalue weighted by Crippen LogP contribution is 2.39. The molecule has 0 saturated heterocycles. The molecule has 2 aromatic rings. The maximum Gasteiger partial charge on any atom is 0.176 e. The Balaban J connectivity index is 2.85. The number of benzene rings is 2. The second kappa shape index (κ2) is 5.56. The fraction of sp³-hybridized carbons (Fsp3) is 0.176. The number of nitrogens with zero attached hydrogens (tertiary/aromatic N) is 2. The molecule has 104 valence electrons. The van der Waals surface area contributed by atoms with E-state index < -0.39 is 0 Å². The first-order valence-corrected chi connectivity index (χ1v) is 6.35. The molecule has 0 amide bonds. The van der Waals surface area contributed by atoms with Gasteiger partial charge in [-0.15, -0.1) is 0 Å². The summed E-state index contributed by atoms with van der Waals surface area (Å²) in [5.41, 5.74) is 3.67. The lowest BCUT2D eigenvalue weighted by Gasteiger charge is -2.13. The number of ether oxygens (including phenoxy) is 1. The van der Waals surface area contributed by atoms with Gasteiger partial charge in [0.2, 0.25) is 0 Å². The van der Waals surface area contributed by atoms with Gasteiger partial charge in [0.25, 0.3) is 0 Å². The Bertz CT molecular complexity index is 796. The molecule has 0 aliphatic rings. The third kappa shape index (κ3) is 2.40. The van der Waals surface area contributed by atoms with E-state index in [4.69, 9.17) is 4.74 Å². The third-order valence-corrected chi connectivity index (χ3v) is 3.51. The summed E-state index contributed by atoms with van der Waals surface area (Å²) in [6.45, 7) is 3.95. The van der Waals surface area contributed by atoms with E-state index in [9.17, 15) is 15.6 Å². The molecule has 4 heteroatoms. The van der Waals surface area contributed by atoms with E-state index in [2.05, 4.69) is 6.07 Å². The maximum absolute atomic E-state index is 10.1. The molecule has 1 N–H and O–H groups in total. The molecule has 0 aliphatic carbocycles. The predicted molar refractivity (Wildman–Crippen MR) is 79.0 cm³/mol. The molecule has 2 aromatic carbocycles. The fourth-order valence-corrected chi connectivity index (χ4v) is 2.20. The first-order chi connectivity index (χ1) is 10.0. The lowest BCUT2D eigenvalue weighted by Crippen LogP contribution is -1.95. The summed E-state index contributed by atoms with van der Waals surface area (Å²) in [7, 11) is 1.38. The van der Waals surface area contributed by atoms with Crippen molar-refractivity contribution in [3.05, 3.63) is 46.5 Å². The van der Waals surface area contributed by atoms with Crippen LogP contribution in [-0.4, -0.2) is 12.2 Å². The number of rotatable bonds is 2. The van der Waals surface area contributed by atoms with E-state index in [1.54, 1.807) is 0 Å².